The number of carbonyl (C=O) groups excluding carboxylic acids is 3. The number of amides is 4. The summed E-state index contributed by atoms with van der Waals surface area (Å²) in [6.45, 7) is 3.82. The van der Waals surface area contributed by atoms with E-state index in [1.54, 1.807) is 30.3 Å². The summed E-state index contributed by atoms with van der Waals surface area (Å²) >= 11 is 9.83. The molecule has 0 spiro atoms. The van der Waals surface area contributed by atoms with Gasteiger partial charge in [-0.3, -0.25) is 14.9 Å². The quantitative estimate of drug-likeness (QED) is 0.286. The molecule has 0 radical (unpaired) electrons. The standard InChI is InChI=1S/C27H20BrClN2O6/c1-14-7-15(2)9-19(8-14)31-25(33)20(24(32)30-27(31)36)10-17-11-21(28)23(22(29)12-17)37-13-16-3-5-18(6-4-16)26(34)35/h3-12H,13H2,1-2H3,(H,34,35)(H,30,32,36)/b20-10+. The molecule has 10 heteroatoms. The van der Waals surface area contributed by atoms with Crippen LogP contribution in [0.5, 0.6) is 5.75 Å². The maximum absolute atomic E-state index is 13.2. The van der Waals surface area contributed by atoms with Crippen LogP contribution in [0.25, 0.3) is 6.08 Å². The fraction of sp³-hybridized carbons (Fsp3) is 0.111. The van der Waals surface area contributed by atoms with Gasteiger partial charge in [0.1, 0.15) is 12.2 Å². The zero-order valence-corrected chi connectivity index (χ0v) is 22.0. The molecule has 1 fully saturated rings. The molecule has 4 amide bonds. The third-order valence-electron chi connectivity index (χ3n) is 5.48. The van der Waals surface area contributed by atoms with Crippen molar-refractivity contribution in [3.05, 3.63) is 97.5 Å². The molecule has 1 saturated heterocycles. The Bertz CT molecular complexity index is 1440. The fourth-order valence-electron chi connectivity index (χ4n) is 3.84. The van der Waals surface area contributed by atoms with Crippen LogP contribution in [0.1, 0.15) is 32.6 Å². The minimum absolute atomic E-state index is 0.131. The van der Waals surface area contributed by atoms with E-state index in [-0.39, 0.29) is 22.8 Å². The smallest absolute Gasteiger partial charge is 0.335 e. The third-order valence-corrected chi connectivity index (χ3v) is 6.35. The SMILES string of the molecule is Cc1cc(C)cc(N2C(=O)NC(=O)/C(=C\c3cc(Cl)c(OCc4ccc(C(=O)O)cc4)c(Br)c3)C2=O)c1. The number of carbonyl (C=O) groups is 4. The summed E-state index contributed by atoms with van der Waals surface area (Å²) in [6.07, 6.45) is 1.35. The van der Waals surface area contributed by atoms with E-state index in [9.17, 15) is 19.2 Å². The van der Waals surface area contributed by atoms with E-state index >= 15 is 0 Å². The Balaban J connectivity index is 1.59. The predicted molar refractivity (Wildman–Crippen MR) is 142 cm³/mol. The van der Waals surface area contributed by atoms with Crippen LogP contribution in [0.2, 0.25) is 5.02 Å². The number of benzene rings is 3. The summed E-state index contributed by atoms with van der Waals surface area (Å²) < 4.78 is 6.28. The molecule has 0 atom stereocenters. The topological polar surface area (TPSA) is 113 Å². The maximum atomic E-state index is 13.2. The van der Waals surface area contributed by atoms with Gasteiger partial charge in [0.05, 0.1) is 20.7 Å². The Morgan fingerprint density at radius 1 is 1.05 bits per heavy atom. The molecule has 2 N–H and O–H groups in total. The highest BCUT2D eigenvalue weighted by Gasteiger charge is 2.37. The first kappa shape index (κ1) is 26.1. The van der Waals surface area contributed by atoms with Crippen LogP contribution in [0, 0.1) is 13.8 Å². The third kappa shape index (κ3) is 5.73. The Hall–Kier alpha value is -3.95. The number of barbiturate groups is 1. The first-order valence-electron chi connectivity index (χ1n) is 11.0. The second-order valence-corrected chi connectivity index (χ2v) is 9.67. The number of ether oxygens (including phenoxy) is 1. The number of halogens is 2. The predicted octanol–water partition coefficient (Wildman–Crippen LogP) is 5.66. The molecule has 0 saturated carbocycles. The number of aryl methyl sites for hydroxylation is 2. The van der Waals surface area contributed by atoms with Crippen LogP contribution in [0.4, 0.5) is 10.5 Å². The highest BCUT2D eigenvalue weighted by Crippen LogP contribution is 2.36. The minimum Gasteiger partial charge on any atom is -0.486 e. The van der Waals surface area contributed by atoms with E-state index in [0.29, 0.717) is 21.5 Å². The van der Waals surface area contributed by atoms with Crippen LogP contribution in [0.15, 0.2) is 64.6 Å². The molecule has 3 aromatic carbocycles. The van der Waals surface area contributed by atoms with Crippen molar-refractivity contribution in [1.29, 1.82) is 0 Å². The molecule has 0 aliphatic carbocycles. The summed E-state index contributed by atoms with van der Waals surface area (Å²) in [4.78, 5) is 50.2. The molecule has 0 bridgehead atoms. The summed E-state index contributed by atoms with van der Waals surface area (Å²) in [7, 11) is 0. The number of imide groups is 2. The van der Waals surface area contributed by atoms with Gasteiger partial charge in [0.25, 0.3) is 11.8 Å². The number of hydrogen-bond donors (Lipinski definition) is 2. The lowest BCUT2D eigenvalue weighted by molar-refractivity contribution is -0.122. The lowest BCUT2D eigenvalue weighted by Crippen LogP contribution is -2.54. The van der Waals surface area contributed by atoms with E-state index in [2.05, 4.69) is 21.2 Å². The van der Waals surface area contributed by atoms with Gasteiger partial charge in [0, 0.05) is 0 Å². The molecule has 0 aromatic heterocycles. The molecular formula is C27H20BrClN2O6. The number of urea groups is 1. The Kier molecular flexibility index (Phi) is 7.47. The lowest BCUT2D eigenvalue weighted by Gasteiger charge is -2.27. The number of anilines is 1. The Morgan fingerprint density at radius 3 is 2.30 bits per heavy atom. The largest absolute Gasteiger partial charge is 0.486 e. The number of carboxylic acids is 1. The highest BCUT2D eigenvalue weighted by atomic mass is 79.9. The Labute approximate surface area is 225 Å². The van der Waals surface area contributed by atoms with Crippen molar-refractivity contribution in [1.82, 2.24) is 5.32 Å². The van der Waals surface area contributed by atoms with E-state index in [1.807, 2.05) is 19.9 Å². The van der Waals surface area contributed by atoms with Crippen molar-refractivity contribution in [3.8, 4) is 5.75 Å². The first-order chi connectivity index (χ1) is 17.5. The summed E-state index contributed by atoms with van der Waals surface area (Å²) in [5, 5.41) is 11.4. The van der Waals surface area contributed by atoms with Gasteiger partial charge >= 0.3 is 12.0 Å². The average Bonchev–Trinajstić information content (AvgIpc) is 2.81. The van der Waals surface area contributed by atoms with Crippen molar-refractivity contribution in [2.24, 2.45) is 0 Å². The van der Waals surface area contributed by atoms with Crippen molar-refractivity contribution >= 4 is 63.1 Å². The number of hydrogen-bond acceptors (Lipinski definition) is 5. The van der Waals surface area contributed by atoms with E-state index in [1.165, 1.54) is 24.3 Å². The van der Waals surface area contributed by atoms with Crippen LogP contribution in [0.3, 0.4) is 0 Å². The fourth-order valence-corrected chi connectivity index (χ4v) is 4.83. The second-order valence-electron chi connectivity index (χ2n) is 8.41. The van der Waals surface area contributed by atoms with Gasteiger partial charge in [0.15, 0.2) is 5.75 Å². The van der Waals surface area contributed by atoms with Gasteiger partial charge in [-0.05, 0) is 94.5 Å². The van der Waals surface area contributed by atoms with Gasteiger partial charge in [-0.1, -0.05) is 29.8 Å². The van der Waals surface area contributed by atoms with Crippen molar-refractivity contribution in [2.45, 2.75) is 20.5 Å². The zero-order valence-electron chi connectivity index (χ0n) is 19.7. The summed E-state index contributed by atoms with van der Waals surface area (Å²) in [5.41, 5.74) is 3.19. The number of rotatable bonds is 6. The lowest BCUT2D eigenvalue weighted by atomic mass is 10.1. The molecular weight excluding hydrogens is 564 g/mol. The average molecular weight is 584 g/mol. The van der Waals surface area contributed by atoms with Crippen molar-refractivity contribution in [2.75, 3.05) is 4.90 Å². The van der Waals surface area contributed by atoms with E-state index in [4.69, 9.17) is 21.4 Å². The van der Waals surface area contributed by atoms with Gasteiger partial charge in [0.2, 0.25) is 0 Å². The molecule has 1 aliphatic rings. The molecule has 0 unspecified atom stereocenters. The maximum Gasteiger partial charge on any atom is 0.335 e. The second kappa shape index (κ2) is 10.6. The monoisotopic (exact) mass is 582 g/mol. The van der Waals surface area contributed by atoms with Gasteiger partial charge in [-0.15, -0.1) is 0 Å². The van der Waals surface area contributed by atoms with Crippen LogP contribution < -0.4 is 15.0 Å². The van der Waals surface area contributed by atoms with E-state index in [0.717, 1.165) is 21.6 Å². The summed E-state index contributed by atoms with van der Waals surface area (Å²) in [6, 6.07) is 13.8. The van der Waals surface area contributed by atoms with Crippen LogP contribution in [-0.4, -0.2) is 28.9 Å². The van der Waals surface area contributed by atoms with Crippen LogP contribution >= 0.6 is 27.5 Å². The van der Waals surface area contributed by atoms with Gasteiger partial charge in [-0.2, -0.15) is 0 Å². The normalized spacial score (nSPS) is 14.6. The molecule has 188 valence electrons. The zero-order chi connectivity index (χ0) is 26.9. The first-order valence-corrected chi connectivity index (χ1v) is 12.1. The van der Waals surface area contributed by atoms with Crippen molar-refractivity contribution < 1.29 is 29.0 Å². The molecule has 4 rings (SSSR count). The molecule has 1 heterocycles. The van der Waals surface area contributed by atoms with Gasteiger partial charge < -0.3 is 9.84 Å². The Morgan fingerprint density at radius 2 is 1.70 bits per heavy atom. The van der Waals surface area contributed by atoms with Crippen LogP contribution in [-0.2, 0) is 16.2 Å². The summed E-state index contributed by atoms with van der Waals surface area (Å²) in [5.74, 6) is -2.25. The number of nitrogens with zero attached hydrogens (tertiary/aromatic N) is 1. The molecule has 1 aliphatic heterocycles. The van der Waals surface area contributed by atoms with E-state index < -0.39 is 23.8 Å². The number of nitrogens with one attached hydrogen (secondary N) is 1. The van der Waals surface area contributed by atoms with Crippen molar-refractivity contribution in [3.63, 3.8) is 0 Å². The number of carboxylic acid groups (broad SMARTS) is 1. The molecule has 3 aromatic rings. The highest BCUT2D eigenvalue weighted by molar-refractivity contribution is 9.10. The molecule has 8 nitrogen and oxygen atoms in total. The number of aromatic carboxylic acids is 1. The molecule has 37 heavy (non-hydrogen) atoms. The minimum atomic E-state index is -1.02. The van der Waals surface area contributed by atoms with Gasteiger partial charge in [-0.25, -0.2) is 14.5 Å².